The highest BCUT2D eigenvalue weighted by atomic mass is 31.3. The summed E-state index contributed by atoms with van der Waals surface area (Å²) in [7, 11) is -15.5. The van der Waals surface area contributed by atoms with E-state index >= 15 is 0 Å². The van der Waals surface area contributed by atoms with Crippen LogP contribution in [0, 0.1) is 0 Å². The molecule has 1 saturated heterocycles. The molecule has 2 aromatic heterocycles. The zero-order valence-electron chi connectivity index (χ0n) is 14.4. The van der Waals surface area contributed by atoms with Crippen LogP contribution >= 0.6 is 23.4 Å². The smallest absolute Gasteiger partial charge is 0.382 e. The van der Waals surface area contributed by atoms with Crippen LogP contribution in [0.1, 0.15) is 19.1 Å². The topological polar surface area (TPSA) is 244 Å². The largest absolute Gasteiger partial charge is 0.489 e. The van der Waals surface area contributed by atoms with E-state index in [4.69, 9.17) is 15.4 Å². The number of phosphoric acid groups is 2. The third kappa shape index (κ3) is 5.87. The normalized spacial score (nSPS) is 26.1. The first kappa shape index (κ1) is 22.4. The van der Waals surface area contributed by atoms with Crippen molar-refractivity contribution >= 4 is 40.4 Å². The van der Waals surface area contributed by atoms with Gasteiger partial charge < -0.3 is 25.2 Å². The van der Waals surface area contributed by atoms with Crippen molar-refractivity contribution in [2.75, 3.05) is 12.3 Å². The zero-order valence-corrected chi connectivity index (χ0v) is 17.1. The van der Waals surface area contributed by atoms with Crippen LogP contribution in [-0.2, 0) is 31.6 Å². The summed E-state index contributed by atoms with van der Waals surface area (Å²) in [4.78, 5) is 39.5. The number of fused-ring (bicyclic) bond motifs is 1. The van der Waals surface area contributed by atoms with Gasteiger partial charge in [-0.05, 0) is 12.8 Å². The van der Waals surface area contributed by atoms with E-state index in [1.54, 1.807) is 4.57 Å². The van der Waals surface area contributed by atoms with E-state index in [1.807, 2.05) is 0 Å². The van der Waals surface area contributed by atoms with Crippen molar-refractivity contribution in [2.24, 2.45) is 5.50 Å². The predicted octanol–water partition coefficient (Wildman–Crippen LogP) is 0.396. The van der Waals surface area contributed by atoms with Crippen LogP contribution in [0.25, 0.3) is 11.2 Å². The first-order valence-corrected chi connectivity index (χ1v) is 12.4. The standard InChI is InChI=1S/C10H17N6O10P3/c11-9-8-10(14-4-13-9)16(5-15-8)7-2-1-6(24-7)3-23-28(19,20)26-29(21,22)25-27(12,17)18/h4-7H,1-3H2,(H,19,20)(H,21,22)(H2,11,13,14)(H3,12,17,18)/t6-,7+/m0/s1. The average molecular weight is 474 g/mol. The summed E-state index contributed by atoms with van der Waals surface area (Å²) in [6.45, 7) is -0.493. The van der Waals surface area contributed by atoms with Crippen LogP contribution in [0.15, 0.2) is 12.7 Å². The zero-order chi connectivity index (χ0) is 21.4. The number of hydrogen-bond acceptors (Lipinski definition) is 11. The molecular formula is C10H17N6O10P3. The Bertz CT molecular complexity index is 1040. The van der Waals surface area contributed by atoms with Gasteiger partial charge in [0, 0.05) is 0 Å². The summed E-state index contributed by atoms with van der Waals surface area (Å²) in [6, 6.07) is 0. The number of imidazole rings is 1. The van der Waals surface area contributed by atoms with Gasteiger partial charge in [-0.1, -0.05) is 0 Å². The molecule has 0 aliphatic carbocycles. The molecule has 2 aromatic rings. The Morgan fingerprint density at radius 2 is 1.86 bits per heavy atom. The Kier molecular flexibility index (Phi) is 6.26. The summed E-state index contributed by atoms with van der Waals surface area (Å²) in [5.74, 6) is 0.200. The predicted molar refractivity (Wildman–Crippen MR) is 94.7 cm³/mol. The lowest BCUT2D eigenvalue weighted by molar-refractivity contribution is -0.0204. The Labute approximate surface area is 162 Å². The fourth-order valence-electron chi connectivity index (χ4n) is 2.59. The second-order valence-corrected chi connectivity index (χ2v) is 10.4. The van der Waals surface area contributed by atoms with Crippen molar-refractivity contribution in [1.29, 1.82) is 0 Å². The number of hydrogen-bond donors (Lipinski definition) is 5. The number of rotatable bonds is 8. The molecule has 0 aromatic carbocycles. The maximum atomic E-state index is 11.8. The summed E-state index contributed by atoms with van der Waals surface area (Å²) in [6.07, 6.45) is 2.40. The van der Waals surface area contributed by atoms with Gasteiger partial charge in [-0.2, -0.15) is 8.62 Å². The van der Waals surface area contributed by atoms with Gasteiger partial charge in [0.2, 0.25) is 0 Å². The number of ether oxygens (including phenoxy) is 1. The summed E-state index contributed by atoms with van der Waals surface area (Å²) < 4.78 is 53.5. The first-order valence-electron chi connectivity index (χ1n) is 7.78. The van der Waals surface area contributed by atoms with Gasteiger partial charge in [0.1, 0.15) is 18.1 Å². The van der Waals surface area contributed by atoms with E-state index in [0.717, 1.165) is 0 Å². The van der Waals surface area contributed by atoms with E-state index in [0.29, 0.717) is 24.0 Å². The van der Waals surface area contributed by atoms with Gasteiger partial charge >= 0.3 is 23.4 Å². The van der Waals surface area contributed by atoms with E-state index in [9.17, 15) is 23.5 Å². The molecule has 3 unspecified atom stereocenters. The van der Waals surface area contributed by atoms with Crippen LogP contribution in [0.5, 0.6) is 0 Å². The van der Waals surface area contributed by atoms with Gasteiger partial charge in [-0.25, -0.2) is 34.2 Å². The molecule has 0 amide bonds. The molecule has 0 radical (unpaired) electrons. The minimum atomic E-state index is -5.44. The van der Waals surface area contributed by atoms with Crippen LogP contribution < -0.4 is 11.2 Å². The SMILES string of the molecule is Nc1ncnc2c1ncn2[C@H]1CC[C@@H](COP(=O)(O)OP(=O)(O)OP(N)(=O)O)O1. The van der Waals surface area contributed by atoms with Crippen molar-refractivity contribution in [2.45, 2.75) is 25.2 Å². The number of nitrogens with two attached hydrogens (primary N) is 2. The highest BCUT2D eigenvalue weighted by Gasteiger charge is 2.40. The van der Waals surface area contributed by atoms with Crippen molar-refractivity contribution in [1.82, 2.24) is 19.5 Å². The Hall–Kier alpha value is -1.28. The molecule has 0 saturated carbocycles. The molecule has 29 heavy (non-hydrogen) atoms. The monoisotopic (exact) mass is 474 g/mol. The van der Waals surface area contributed by atoms with Crippen LogP contribution in [0.4, 0.5) is 5.82 Å². The van der Waals surface area contributed by atoms with Gasteiger partial charge in [-0.15, -0.1) is 0 Å². The second-order valence-electron chi connectivity index (χ2n) is 5.83. The van der Waals surface area contributed by atoms with Crippen molar-refractivity contribution in [3.63, 3.8) is 0 Å². The maximum absolute atomic E-state index is 11.8. The van der Waals surface area contributed by atoms with E-state index in [-0.39, 0.29) is 5.82 Å². The van der Waals surface area contributed by atoms with Crippen molar-refractivity contribution in [3.8, 4) is 0 Å². The van der Waals surface area contributed by atoms with Gasteiger partial charge in [0.15, 0.2) is 11.5 Å². The fourth-order valence-corrected chi connectivity index (χ4v) is 5.75. The van der Waals surface area contributed by atoms with Gasteiger partial charge in [0.05, 0.1) is 19.0 Å². The van der Waals surface area contributed by atoms with E-state index in [2.05, 4.69) is 33.6 Å². The van der Waals surface area contributed by atoms with Crippen molar-refractivity contribution < 1.29 is 46.3 Å². The molecule has 5 atom stereocenters. The highest BCUT2D eigenvalue weighted by Crippen LogP contribution is 2.65. The second kappa shape index (κ2) is 8.10. The highest BCUT2D eigenvalue weighted by molar-refractivity contribution is 7.67. The van der Waals surface area contributed by atoms with Crippen LogP contribution in [0.3, 0.4) is 0 Å². The van der Waals surface area contributed by atoms with Gasteiger partial charge in [0.25, 0.3) is 0 Å². The maximum Gasteiger partial charge on any atom is 0.489 e. The summed E-state index contributed by atoms with van der Waals surface area (Å²) in [5, 5.41) is 0. The molecule has 162 valence electrons. The molecule has 1 aliphatic heterocycles. The van der Waals surface area contributed by atoms with Crippen LogP contribution in [0.2, 0.25) is 0 Å². The molecular weight excluding hydrogens is 457 g/mol. The fraction of sp³-hybridized carbons (Fsp3) is 0.500. The number of phosphoric ester groups is 1. The molecule has 19 heteroatoms. The Morgan fingerprint density at radius 3 is 2.55 bits per heavy atom. The number of nitrogen functional groups attached to an aromatic ring is 1. The summed E-state index contributed by atoms with van der Waals surface area (Å²) >= 11 is 0. The lowest BCUT2D eigenvalue weighted by Gasteiger charge is -2.19. The molecule has 1 aliphatic rings. The summed E-state index contributed by atoms with van der Waals surface area (Å²) in [5.41, 5.74) is 11.1. The quantitative estimate of drug-likeness (QED) is 0.325. The number of anilines is 1. The molecule has 16 nitrogen and oxygen atoms in total. The number of aromatic nitrogens is 4. The molecule has 0 bridgehead atoms. The molecule has 7 N–H and O–H groups in total. The minimum absolute atomic E-state index is 0.200. The third-order valence-corrected chi connectivity index (χ3v) is 7.52. The Balaban J connectivity index is 1.58. The molecule has 3 heterocycles. The third-order valence-electron chi connectivity index (χ3n) is 3.63. The molecule has 1 fully saturated rings. The first-order chi connectivity index (χ1) is 13.4. The molecule has 0 spiro atoms. The molecule has 3 rings (SSSR count). The van der Waals surface area contributed by atoms with E-state index in [1.165, 1.54) is 12.7 Å². The van der Waals surface area contributed by atoms with Gasteiger partial charge in [-0.3, -0.25) is 9.09 Å². The van der Waals surface area contributed by atoms with Crippen molar-refractivity contribution in [3.05, 3.63) is 12.7 Å². The number of nitrogens with zero attached hydrogens (tertiary/aromatic N) is 4. The average Bonchev–Trinajstić information content (AvgIpc) is 3.16. The minimum Gasteiger partial charge on any atom is -0.382 e. The van der Waals surface area contributed by atoms with E-state index < -0.39 is 42.3 Å². The lowest BCUT2D eigenvalue weighted by atomic mass is 10.2. The lowest BCUT2D eigenvalue weighted by Crippen LogP contribution is -2.16. The Morgan fingerprint density at radius 1 is 1.14 bits per heavy atom. The van der Waals surface area contributed by atoms with Crippen LogP contribution in [-0.4, -0.2) is 46.9 Å².